The first kappa shape index (κ1) is 35.7. The molecule has 5 atom stereocenters. The zero-order chi connectivity index (χ0) is 36.3. The summed E-state index contributed by atoms with van der Waals surface area (Å²) in [7, 11) is 1.58. The van der Waals surface area contributed by atoms with Crippen LogP contribution in [0.15, 0.2) is 66.7 Å². The fraction of sp³-hybridized carbons (Fsp3) is 0.462. The minimum Gasteiger partial charge on any atom is -0.497 e. The first-order chi connectivity index (χ1) is 24.4. The maximum Gasteiger partial charge on any atom is 0.408 e. The van der Waals surface area contributed by atoms with E-state index in [1.165, 1.54) is 4.90 Å². The number of pyridine rings is 1. The molecule has 1 aromatic heterocycles. The quantitative estimate of drug-likeness (QED) is 0.278. The molecule has 2 aromatic carbocycles. The molecule has 12 nitrogen and oxygen atoms in total. The van der Waals surface area contributed by atoms with E-state index in [-0.39, 0.29) is 25.3 Å². The van der Waals surface area contributed by atoms with E-state index in [0.29, 0.717) is 35.6 Å². The maximum atomic E-state index is 14.4. The fourth-order valence-electron chi connectivity index (χ4n) is 6.93. The van der Waals surface area contributed by atoms with Gasteiger partial charge in [-0.05, 0) is 58.6 Å². The van der Waals surface area contributed by atoms with Gasteiger partial charge in [0.05, 0.1) is 24.9 Å². The number of ether oxygens (including phenoxy) is 3. The second-order valence-electron chi connectivity index (χ2n) is 14.6. The monoisotopic (exact) mass is 698 g/mol. The topological polar surface area (TPSA) is 156 Å². The molecule has 1 aliphatic carbocycles. The van der Waals surface area contributed by atoms with Crippen LogP contribution in [0.4, 0.5) is 4.79 Å². The van der Waals surface area contributed by atoms with Crippen LogP contribution >= 0.6 is 0 Å². The number of carboxylic acid groups (broad SMARTS) is 1. The summed E-state index contributed by atoms with van der Waals surface area (Å²) in [6, 6.07) is 15.0. The first-order valence-corrected chi connectivity index (χ1v) is 17.6. The van der Waals surface area contributed by atoms with E-state index in [1.54, 1.807) is 27.9 Å². The molecular weight excluding hydrogens is 652 g/mol. The number of benzene rings is 2. The number of fused-ring (bicyclic) bond motifs is 3. The highest BCUT2D eigenvalue weighted by molar-refractivity contribution is 5.96. The van der Waals surface area contributed by atoms with Crippen LogP contribution in [0.25, 0.3) is 22.2 Å². The maximum absolute atomic E-state index is 14.4. The van der Waals surface area contributed by atoms with Gasteiger partial charge in [-0.25, -0.2) is 14.6 Å². The predicted molar refractivity (Wildman–Crippen MR) is 190 cm³/mol. The Morgan fingerprint density at radius 1 is 1.06 bits per heavy atom. The van der Waals surface area contributed by atoms with Crippen molar-refractivity contribution >= 4 is 34.8 Å². The van der Waals surface area contributed by atoms with Crippen molar-refractivity contribution in [3.05, 3.63) is 66.7 Å². The van der Waals surface area contributed by atoms with Gasteiger partial charge in [0.15, 0.2) is 0 Å². The molecule has 3 aliphatic rings. The average molecular weight is 699 g/mol. The van der Waals surface area contributed by atoms with Gasteiger partial charge >= 0.3 is 12.1 Å². The molecule has 1 saturated carbocycles. The van der Waals surface area contributed by atoms with Crippen LogP contribution in [-0.4, -0.2) is 81.8 Å². The van der Waals surface area contributed by atoms with E-state index in [1.807, 2.05) is 66.7 Å². The third-order valence-corrected chi connectivity index (χ3v) is 9.65. The molecule has 2 fully saturated rings. The predicted octanol–water partition coefficient (Wildman–Crippen LogP) is 5.63. The van der Waals surface area contributed by atoms with E-state index < -0.39 is 53.2 Å². The zero-order valence-electron chi connectivity index (χ0n) is 29.5. The van der Waals surface area contributed by atoms with E-state index in [2.05, 4.69) is 10.6 Å². The SMILES string of the molecule is COc1ccc2c(O[C@@H]3C[C@H]4C(=O)N[C@]5(C(=O)O)C[C@@H]5/C=C\CCCCC[C@@H](NC(=O)OC(C)(C)C)C(=O)N4C3)cc(-c3ccccc3)nc2c1. The molecule has 1 saturated heterocycles. The Morgan fingerprint density at radius 2 is 1.84 bits per heavy atom. The molecular formula is C39H46N4O8. The highest BCUT2D eigenvalue weighted by Crippen LogP contribution is 2.45. The van der Waals surface area contributed by atoms with Crippen molar-refractivity contribution in [2.45, 2.75) is 95.0 Å². The Hall–Kier alpha value is -5.13. The van der Waals surface area contributed by atoms with Crippen molar-refractivity contribution in [3.8, 4) is 22.8 Å². The summed E-state index contributed by atoms with van der Waals surface area (Å²) in [6.07, 6.45) is 6.22. The Bertz CT molecular complexity index is 1820. The van der Waals surface area contributed by atoms with Gasteiger partial charge in [0.2, 0.25) is 11.8 Å². The summed E-state index contributed by atoms with van der Waals surface area (Å²) in [4.78, 5) is 60.2. The number of carbonyl (C=O) groups excluding carboxylic acids is 3. The highest BCUT2D eigenvalue weighted by atomic mass is 16.6. The smallest absolute Gasteiger partial charge is 0.408 e. The van der Waals surface area contributed by atoms with E-state index in [0.717, 1.165) is 30.2 Å². The minimum atomic E-state index is -1.44. The third kappa shape index (κ3) is 8.10. The van der Waals surface area contributed by atoms with Crippen molar-refractivity contribution in [2.24, 2.45) is 5.92 Å². The zero-order valence-corrected chi connectivity index (χ0v) is 29.5. The summed E-state index contributed by atoms with van der Waals surface area (Å²) in [5.74, 6) is -1.35. The van der Waals surface area contributed by atoms with Gasteiger partial charge in [0.1, 0.15) is 40.8 Å². The second kappa shape index (κ2) is 14.6. The summed E-state index contributed by atoms with van der Waals surface area (Å²) < 4.78 is 17.6. The normalized spacial score (nSPS) is 26.1. The number of nitrogens with zero attached hydrogens (tertiary/aromatic N) is 2. The van der Waals surface area contributed by atoms with Crippen LogP contribution in [-0.2, 0) is 19.1 Å². The molecule has 51 heavy (non-hydrogen) atoms. The molecule has 3 N–H and O–H groups in total. The van der Waals surface area contributed by atoms with Crippen LogP contribution < -0.4 is 20.1 Å². The minimum absolute atomic E-state index is 0.0352. The molecule has 0 bridgehead atoms. The number of aliphatic carboxylic acids is 1. The van der Waals surface area contributed by atoms with Gasteiger partial charge in [-0.15, -0.1) is 0 Å². The molecule has 6 rings (SSSR count). The molecule has 3 amide bonds. The molecule has 0 spiro atoms. The molecule has 0 radical (unpaired) electrons. The van der Waals surface area contributed by atoms with Gasteiger partial charge in [-0.3, -0.25) is 9.59 Å². The van der Waals surface area contributed by atoms with Gasteiger partial charge in [-0.1, -0.05) is 55.3 Å². The van der Waals surface area contributed by atoms with Crippen molar-refractivity contribution in [1.29, 1.82) is 0 Å². The van der Waals surface area contributed by atoms with Crippen LogP contribution in [0.2, 0.25) is 0 Å². The lowest BCUT2D eigenvalue weighted by Crippen LogP contribution is -2.56. The molecule has 270 valence electrons. The Labute approximate surface area is 297 Å². The van der Waals surface area contributed by atoms with Crippen LogP contribution in [0, 0.1) is 5.92 Å². The lowest BCUT2D eigenvalue weighted by Gasteiger charge is -2.30. The summed E-state index contributed by atoms with van der Waals surface area (Å²) >= 11 is 0. The first-order valence-electron chi connectivity index (χ1n) is 17.6. The Balaban J connectivity index is 1.34. The lowest BCUT2D eigenvalue weighted by molar-refractivity contribution is -0.145. The molecule has 3 heterocycles. The Morgan fingerprint density at radius 3 is 2.57 bits per heavy atom. The molecule has 12 heteroatoms. The number of hydrogen-bond donors (Lipinski definition) is 3. The number of alkyl carbamates (subject to hydrolysis) is 1. The fourth-order valence-corrected chi connectivity index (χ4v) is 6.93. The number of amides is 3. The molecule has 3 aromatic rings. The highest BCUT2D eigenvalue weighted by Gasteiger charge is 2.61. The number of carbonyl (C=O) groups is 4. The summed E-state index contributed by atoms with van der Waals surface area (Å²) in [5, 5.41) is 16.5. The van der Waals surface area contributed by atoms with Gasteiger partial charge < -0.3 is 34.9 Å². The number of carboxylic acids is 1. The Kier molecular flexibility index (Phi) is 10.2. The van der Waals surface area contributed by atoms with Gasteiger partial charge in [0.25, 0.3) is 0 Å². The van der Waals surface area contributed by atoms with E-state index in [9.17, 15) is 24.3 Å². The van der Waals surface area contributed by atoms with Crippen LogP contribution in [0.3, 0.4) is 0 Å². The van der Waals surface area contributed by atoms with E-state index in [4.69, 9.17) is 19.2 Å². The number of hydrogen-bond acceptors (Lipinski definition) is 8. The van der Waals surface area contributed by atoms with Crippen molar-refractivity contribution in [3.63, 3.8) is 0 Å². The summed E-state index contributed by atoms with van der Waals surface area (Å²) in [6.45, 7) is 5.26. The summed E-state index contributed by atoms with van der Waals surface area (Å²) in [5.41, 5.74) is -0.0312. The van der Waals surface area contributed by atoms with E-state index >= 15 is 0 Å². The van der Waals surface area contributed by atoms with Crippen LogP contribution in [0.5, 0.6) is 11.5 Å². The van der Waals surface area contributed by atoms with Gasteiger partial charge in [-0.2, -0.15) is 0 Å². The van der Waals surface area contributed by atoms with Crippen molar-refractivity contribution in [1.82, 2.24) is 20.5 Å². The number of nitrogens with one attached hydrogen (secondary N) is 2. The second-order valence-corrected chi connectivity index (χ2v) is 14.6. The largest absolute Gasteiger partial charge is 0.497 e. The number of methoxy groups -OCH3 is 1. The standard InChI is InChI=1S/C39H46N4O8/c1-38(2,3)51-37(48)41-29-16-12-7-5-6-11-15-25-22-39(25,36(46)47)42-34(44)32-20-27(23-43(32)35(29)45)50-33-21-30(24-13-9-8-10-14-24)40-31-19-26(49-4)17-18-28(31)33/h8-11,13-15,17-19,21,25,27,29,32H,5-7,12,16,20,22-23H2,1-4H3,(H,41,48)(H,42,44)(H,46,47)/b15-11-/t25-,27+,29+,32-,39+/m0/s1. The van der Waals surface area contributed by atoms with Crippen molar-refractivity contribution < 1.29 is 38.5 Å². The number of aromatic nitrogens is 1. The molecule has 2 aliphatic heterocycles. The average Bonchev–Trinajstić information content (AvgIpc) is 3.63. The lowest BCUT2D eigenvalue weighted by atomic mass is 10.0. The molecule has 0 unspecified atom stereocenters. The van der Waals surface area contributed by atoms with Gasteiger partial charge in [0, 0.05) is 35.4 Å². The van der Waals surface area contributed by atoms with Crippen molar-refractivity contribution in [2.75, 3.05) is 13.7 Å². The number of rotatable bonds is 6. The van der Waals surface area contributed by atoms with Crippen LogP contribution in [0.1, 0.15) is 65.7 Å². The number of allylic oxidation sites excluding steroid dienone is 1. The third-order valence-electron chi connectivity index (χ3n) is 9.65.